The zero-order chi connectivity index (χ0) is 22.4. The van der Waals surface area contributed by atoms with Gasteiger partial charge in [-0.3, -0.25) is 0 Å². The van der Waals surface area contributed by atoms with E-state index in [9.17, 15) is 19.2 Å². The van der Waals surface area contributed by atoms with E-state index in [1.165, 1.54) is 28.4 Å². The molecule has 30 heavy (non-hydrogen) atoms. The van der Waals surface area contributed by atoms with Crippen molar-refractivity contribution in [1.29, 1.82) is 0 Å². The molecule has 12 heteroatoms. The summed E-state index contributed by atoms with van der Waals surface area (Å²) in [5.74, 6) is -2.58. The Morgan fingerprint density at radius 3 is 1.43 bits per heavy atom. The van der Waals surface area contributed by atoms with Crippen LogP contribution in [0.2, 0.25) is 3.21 Å². The first kappa shape index (κ1) is 23.0. The molecular weight excluding hydrogens is 530 g/mol. The zero-order valence-electron chi connectivity index (χ0n) is 17.4. The van der Waals surface area contributed by atoms with Crippen molar-refractivity contribution in [3.05, 3.63) is 20.1 Å². The third kappa shape index (κ3) is 2.75. The Morgan fingerprint density at radius 1 is 0.700 bits per heavy atom. The van der Waals surface area contributed by atoms with Crippen LogP contribution in [-0.4, -0.2) is 125 Å². The van der Waals surface area contributed by atoms with E-state index in [-0.39, 0.29) is 20.1 Å². The third-order valence-corrected chi connectivity index (χ3v) is 13.6. The molecule has 1 aliphatic carbocycles. The van der Waals surface area contributed by atoms with Crippen molar-refractivity contribution in [2.45, 2.75) is 8.87 Å². The number of hydrogen-bond donors (Lipinski definition) is 0. The molecule has 0 aromatic heterocycles. The summed E-state index contributed by atoms with van der Waals surface area (Å²) in [6.07, 6.45) is 0. The van der Waals surface area contributed by atoms with E-state index in [1.807, 2.05) is 23.9 Å². The summed E-state index contributed by atoms with van der Waals surface area (Å²) in [6.45, 7) is 1.25. The molecule has 0 bridgehead atoms. The van der Waals surface area contributed by atoms with Crippen LogP contribution >= 0.6 is 0 Å². The van der Waals surface area contributed by atoms with E-state index in [1.54, 1.807) is 0 Å². The fourth-order valence-corrected chi connectivity index (χ4v) is 13.6. The summed E-state index contributed by atoms with van der Waals surface area (Å²) in [5.41, 5.74) is -0.644. The van der Waals surface area contributed by atoms with E-state index < -0.39 is 62.7 Å². The molecule has 2 aliphatic heterocycles. The van der Waals surface area contributed by atoms with Gasteiger partial charge in [0.2, 0.25) is 0 Å². The van der Waals surface area contributed by atoms with Gasteiger partial charge in [-0.25, -0.2) is 0 Å². The molecule has 1 saturated heterocycles. The van der Waals surface area contributed by atoms with Crippen molar-refractivity contribution in [2.75, 3.05) is 55.6 Å². The molecule has 2 heterocycles. The van der Waals surface area contributed by atoms with E-state index in [0.29, 0.717) is 13.1 Å². The Hall–Kier alpha value is -1.68. The van der Waals surface area contributed by atoms with Crippen LogP contribution in [0.3, 0.4) is 0 Å². The molecule has 0 atom stereocenters. The number of methoxy groups -OCH3 is 4. The standard InChI is InChI=1S/C18H22N2O8Se2/c1-19-7-8-20(2)17(19)9(13(21)25-3)10(14(22)26-4)18(17)29-11(15(23)27-5)12(30-18)16(24)28-6/h7-8H2,1-6H3. The predicted molar refractivity (Wildman–Crippen MR) is 104 cm³/mol. The number of nitrogens with zero attached hydrogens (tertiary/aromatic N) is 2. The Balaban J connectivity index is 2.30. The number of esters is 4. The summed E-state index contributed by atoms with van der Waals surface area (Å²) in [5, 5.41) is 0. The van der Waals surface area contributed by atoms with Gasteiger partial charge in [-0.1, -0.05) is 0 Å². The molecular formula is C18H22N2O8Se2. The number of ether oxygens (including phenoxy) is 4. The van der Waals surface area contributed by atoms with Gasteiger partial charge in [0.15, 0.2) is 0 Å². The molecule has 164 valence electrons. The summed E-state index contributed by atoms with van der Waals surface area (Å²) in [6, 6.07) is 0. The van der Waals surface area contributed by atoms with E-state index >= 15 is 0 Å². The van der Waals surface area contributed by atoms with Gasteiger partial charge in [0, 0.05) is 0 Å². The van der Waals surface area contributed by atoms with Gasteiger partial charge >= 0.3 is 186 Å². The summed E-state index contributed by atoms with van der Waals surface area (Å²) in [7, 11) is 8.65. The van der Waals surface area contributed by atoms with Gasteiger partial charge in [-0.05, 0) is 0 Å². The first-order chi connectivity index (χ1) is 14.2. The number of likely N-dealkylation sites (N-methyl/N-ethyl adjacent to an activating group) is 2. The van der Waals surface area contributed by atoms with Crippen LogP contribution in [-0.2, 0) is 38.1 Å². The Kier molecular flexibility index (Phi) is 6.21. The van der Waals surface area contributed by atoms with Crippen molar-refractivity contribution in [3.63, 3.8) is 0 Å². The van der Waals surface area contributed by atoms with Crippen LogP contribution in [0, 0.1) is 0 Å². The molecule has 3 rings (SSSR count). The maximum atomic E-state index is 12.9. The average molecular weight is 552 g/mol. The predicted octanol–water partition coefficient (Wildman–Crippen LogP) is -1.69. The molecule has 10 nitrogen and oxygen atoms in total. The van der Waals surface area contributed by atoms with Crippen LogP contribution < -0.4 is 0 Å². The zero-order valence-corrected chi connectivity index (χ0v) is 20.8. The van der Waals surface area contributed by atoms with Gasteiger partial charge < -0.3 is 0 Å². The molecule has 0 unspecified atom stereocenters. The summed E-state index contributed by atoms with van der Waals surface area (Å²) < 4.78 is 19.3. The van der Waals surface area contributed by atoms with Gasteiger partial charge in [-0.2, -0.15) is 0 Å². The minimum absolute atomic E-state index is 0.165. The van der Waals surface area contributed by atoms with Crippen LogP contribution in [0.25, 0.3) is 0 Å². The number of carbonyl (C=O) groups is 4. The van der Waals surface area contributed by atoms with Crippen molar-refractivity contribution in [2.24, 2.45) is 0 Å². The molecule has 2 spiro atoms. The van der Waals surface area contributed by atoms with Gasteiger partial charge in [0.05, 0.1) is 0 Å². The van der Waals surface area contributed by atoms with Crippen molar-refractivity contribution in [1.82, 2.24) is 9.80 Å². The summed E-state index contributed by atoms with van der Waals surface area (Å²) in [4.78, 5) is 54.8. The fraction of sp³-hybridized carbons (Fsp3) is 0.556. The minimum atomic E-state index is -1.00. The van der Waals surface area contributed by atoms with Crippen molar-refractivity contribution < 1.29 is 38.1 Å². The number of rotatable bonds is 4. The van der Waals surface area contributed by atoms with E-state index in [4.69, 9.17) is 18.9 Å². The quantitative estimate of drug-likeness (QED) is 0.228. The molecule has 0 radical (unpaired) electrons. The number of fused-ring (bicyclic) bond motifs is 1. The number of hydrogen-bond acceptors (Lipinski definition) is 10. The van der Waals surface area contributed by atoms with Gasteiger partial charge in [0.25, 0.3) is 0 Å². The third-order valence-electron chi connectivity index (χ3n) is 5.48. The second-order valence-corrected chi connectivity index (χ2v) is 13.2. The maximum absolute atomic E-state index is 12.9. The first-order valence-electron chi connectivity index (χ1n) is 8.81. The van der Waals surface area contributed by atoms with Crippen LogP contribution in [0.5, 0.6) is 0 Å². The second kappa shape index (κ2) is 8.11. The number of carbonyl (C=O) groups excluding carboxylic acids is 4. The molecule has 0 N–H and O–H groups in total. The van der Waals surface area contributed by atoms with Gasteiger partial charge in [0.1, 0.15) is 0 Å². The molecule has 3 aliphatic rings. The Morgan fingerprint density at radius 2 is 1.07 bits per heavy atom. The van der Waals surface area contributed by atoms with Crippen molar-refractivity contribution in [3.8, 4) is 0 Å². The fourth-order valence-electron chi connectivity index (χ4n) is 4.20. The molecule has 0 saturated carbocycles. The molecule has 1 fully saturated rings. The molecule has 0 aromatic rings. The van der Waals surface area contributed by atoms with E-state index in [2.05, 4.69) is 0 Å². The van der Waals surface area contributed by atoms with Crippen LogP contribution in [0.15, 0.2) is 20.1 Å². The monoisotopic (exact) mass is 554 g/mol. The normalized spacial score (nSPS) is 22.3. The average Bonchev–Trinajstić information content (AvgIpc) is 3.31. The molecule has 0 aromatic carbocycles. The van der Waals surface area contributed by atoms with Crippen LogP contribution in [0.1, 0.15) is 0 Å². The Bertz CT molecular complexity index is 859. The van der Waals surface area contributed by atoms with E-state index in [0.717, 1.165) is 0 Å². The van der Waals surface area contributed by atoms with Crippen molar-refractivity contribution >= 4 is 53.8 Å². The molecule has 0 amide bonds. The summed E-state index contributed by atoms with van der Waals surface area (Å²) >= 11 is -1.42. The van der Waals surface area contributed by atoms with Gasteiger partial charge in [-0.15, -0.1) is 0 Å². The SMILES string of the molecule is COC(=O)C1=C(C(=O)OC)[Se]C2([Se]1)C(C(=O)OC)=C(C(=O)OC)C21N(C)CCN1C. The first-order valence-corrected chi connectivity index (χ1v) is 12.2. The topological polar surface area (TPSA) is 112 Å². The van der Waals surface area contributed by atoms with Crippen LogP contribution in [0.4, 0.5) is 0 Å². The Labute approximate surface area is 186 Å². The second-order valence-electron chi connectivity index (χ2n) is 6.71.